The van der Waals surface area contributed by atoms with Gasteiger partial charge in [0.2, 0.25) is 11.8 Å². The Morgan fingerprint density at radius 2 is 1.92 bits per heavy atom. The van der Waals surface area contributed by atoms with Crippen molar-refractivity contribution in [2.24, 2.45) is 11.8 Å². The summed E-state index contributed by atoms with van der Waals surface area (Å²) in [7, 11) is 0. The van der Waals surface area contributed by atoms with Crippen LogP contribution in [0.3, 0.4) is 0 Å². The number of rotatable bonds is 6. The van der Waals surface area contributed by atoms with Crippen LogP contribution in [0.25, 0.3) is 0 Å². The van der Waals surface area contributed by atoms with E-state index in [0.29, 0.717) is 31.7 Å². The average Bonchev–Trinajstić information content (AvgIpc) is 3.05. The number of carbonyl (C=O) groups excluding carboxylic acids is 2. The van der Waals surface area contributed by atoms with Crippen molar-refractivity contribution in [1.29, 1.82) is 0 Å². The molecule has 1 aliphatic carbocycles. The number of hydrogen-bond acceptors (Lipinski definition) is 4. The molecule has 0 spiro atoms. The first-order valence-corrected chi connectivity index (χ1v) is 8.89. The first-order chi connectivity index (χ1) is 12.0. The molecule has 2 amide bonds. The number of piperidine rings is 1. The van der Waals surface area contributed by atoms with Gasteiger partial charge in [-0.15, -0.1) is 0 Å². The summed E-state index contributed by atoms with van der Waals surface area (Å²) in [6.45, 7) is 1.15. The molecule has 1 aromatic heterocycles. The number of amides is 2. The van der Waals surface area contributed by atoms with Gasteiger partial charge in [-0.3, -0.25) is 9.59 Å². The van der Waals surface area contributed by atoms with E-state index in [1.807, 2.05) is 4.90 Å². The van der Waals surface area contributed by atoms with E-state index in [4.69, 9.17) is 4.42 Å². The van der Waals surface area contributed by atoms with E-state index >= 15 is 0 Å². The van der Waals surface area contributed by atoms with Gasteiger partial charge in [0.25, 0.3) is 0 Å². The van der Waals surface area contributed by atoms with E-state index in [2.05, 4.69) is 5.32 Å². The highest BCUT2D eigenvalue weighted by molar-refractivity contribution is 5.85. The van der Waals surface area contributed by atoms with Gasteiger partial charge in [0.1, 0.15) is 11.8 Å². The zero-order chi connectivity index (χ0) is 17.8. The van der Waals surface area contributed by atoms with Gasteiger partial charge in [-0.05, 0) is 37.8 Å². The maximum Gasteiger partial charge on any atom is 0.326 e. The lowest BCUT2D eigenvalue weighted by molar-refractivity contribution is -0.143. The van der Waals surface area contributed by atoms with Gasteiger partial charge in [0.15, 0.2) is 0 Å². The van der Waals surface area contributed by atoms with Crippen LogP contribution < -0.4 is 5.32 Å². The van der Waals surface area contributed by atoms with Crippen LogP contribution in [0, 0.1) is 11.8 Å². The quantitative estimate of drug-likeness (QED) is 0.810. The van der Waals surface area contributed by atoms with E-state index in [9.17, 15) is 19.5 Å². The molecular formula is C18H24N2O5. The summed E-state index contributed by atoms with van der Waals surface area (Å²) >= 11 is 0. The lowest BCUT2D eigenvalue weighted by Gasteiger charge is -2.36. The van der Waals surface area contributed by atoms with Gasteiger partial charge >= 0.3 is 5.97 Å². The van der Waals surface area contributed by atoms with Crippen molar-refractivity contribution >= 4 is 17.8 Å². The molecule has 0 aromatic carbocycles. The van der Waals surface area contributed by atoms with Crippen molar-refractivity contribution < 1.29 is 23.9 Å². The Morgan fingerprint density at radius 3 is 2.44 bits per heavy atom. The van der Waals surface area contributed by atoms with Gasteiger partial charge < -0.3 is 19.7 Å². The number of likely N-dealkylation sites (tertiary alicyclic amines) is 1. The van der Waals surface area contributed by atoms with Gasteiger partial charge in [0.05, 0.1) is 6.26 Å². The van der Waals surface area contributed by atoms with Gasteiger partial charge in [-0.2, -0.15) is 0 Å². The molecule has 1 aromatic rings. The molecule has 1 aliphatic heterocycles. The van der Waals surface area contributed by atoms with Gasteiger partial charge in [0, 0.05) is 31.3 Å². The number of carbonyl (C=O) groups is 3. The monoisotopic (exact) mass is 348 g/mol. The van der Waals surface area contributed by atoms with E-state index in [-0.39, 0.29) is 30.1 Å². The van der Waals surface area contributed by atoms with Crippen molar-refractivity contribution in [2.75, 3.05) is 13.1 Å². The van der Waals surface area contributed by atoms with Crippen LogP contribution in [-0.4, -0.2) is 46.9 Å². The molecule has 3 rings (SSSR count). The smallest absolute Gasteiger partial charge is 0.326 e. The van der Waals surface area contributed by atoms with Crippen molar-refractivity contribution in [1.82, 2.24) is 10.2 Å². The summed E-state index contributed by atoms with van der Waals surface area (Å²) in [4.78, 5) is 37.9. The molecule has 2 heterocycles. The Hall–Kier alpha value is -2.31. The van der Waals surface area contributed by atoms with Crippen LogP contribution in [0.15, 0.2) is 22.8 Å². The van der Waals surface area contributed by atoms with Crippen LogP contribution in [0.5, 0.6) is 0 Å². The van der Waals surface area contributed by atoms with Crippen LogP contribution in [0.1, 0.15) is 37.9 Å². The van der Waals surface area contributed by atoms with Crippen LogP contribution >= 0.6 is 0 Å². The molecular weight excluding hydrogens is 324 g/mol. The molecule has 1 atom stereocenters. The zero-order valence-electron chi connectivity index (χ0n) is 14.1. The molecule has 1 saturated heterocycles. The van der Waals surface area contributed by atoms with Gasteiger partial charge in [-0.1, -0.05) is 6.42 Å². The third-order valence-electron chi connectivity index (χ3n) is 5.23. The first-order valence-electron chi connectivity index (χ1n) is 8.89. The van der Waals surface area contributed by atoms with Crippen molar-refractivity contribution in [2.45, 2.75) is 44.6 Å². The molecule has 1 unspecified atom stereocenters. The second kappa shape index (κ2) is 7.72. The molecule has 1 saturated carbocycles. The van der Waals surface area contributed by atoms with E-state index in [0.717, 1.165) is 19.3 Å². The summed E-state index contributed by atoms with van der Waals surface area (Å²) in [6.07, 6.45) is 5.84. The minimum atomic E-state index is -1.08. The lowest BCUT2D eigenvalue weighted by Crippen LogP contribution is -2.49. The summed E-state index contributed by atoms with van der Waals surface area (Å²) in [5, 5.41) is 11.9. The first kappa shape index (κ1) is 17.5. The number of nitrogens with one attached hydrogen (secondary N) is 1. The minimum absolute atomic E-state index is 0.118. The van der Waals surface area contributed by atoms with Crippen molar-refractivity contribution in [3.8, 4) is 0 Å². The predicted octanol–water partition coefficient (Wildman–Crippen LogP) is 1.43. The molecule has 136 valence electrons. The maximum absolute atomic E-state index is 12.4. The largest absolute Gasteiger partial charge is 0.480 e. The summed E-state index contributed by atoms with van der Waals surface area (Å²) in [6, 6.07) is 2.37. The normalized spacial score (nSPS) is 19.9. The van der Waals surface area contributed by atoms with E-state index in [1.54, 1.807) is 12.1 Å². The Morgan fingerprint density at radius 1 is 1.20 bits per heavy atom. The second-order valence-corrected chi connectivity index (χ2v) is 6.91. The highest BCUT2D eigenvalue weighted by Crippen LogP contribution is 2.30. The number of nitrogens with zero attached hydrogens (tertiary/aromatic N) is 1. The van der Waals surface area contributed by atoms with Crippen LogP contribution in [-0.2, 0) is 20.8 Å². The number of carboxylic acids is 1. The topological polar surface area (TPSA) is 99.8 Å². The highest BCUT2D eigenvalue weighted by atomic mass is 16.4. The lowest BCUT2D eigenvalue weighted by atomic mass is 9.83. The van der Waals surface area contributed by atoms with Crippen LogP contribution in [0.2, 0.25) is 0 Å². The third-order valence-corrected chi connectivity index (χ3v) is 5.23. The zero-order valence-corrected chi connectivity index (χ0v) is 14.1. The number of carboxylic acid groups (broad SMARTS) is 1. The molecule has 0 radical (unpaired) electrons. The maximum atomic E-state index is 12.4. The Balaban J connectivity index is 1.49. The fourth-order valence-electron chi connectivity index (χ4n) is 3.40. The molecule has 2 fully saturated rings. The summed E-state index contributed by atoms with van der Waals surface area (Å²) in [5.41, 5.74) is 0. The molecule has 0 bridgehead atoms. The number of hydrogen-bond donors (Lipinski definition) is 2. The standard InChI is InChI=1S/C18H24N2O5/c21-16(19-15(18(23)24)11-14-5-2-10-25-14)12-6-8-20(9-7-12)17(22)13-3-1-4-13/h2,5,10,12-13,15H,1,3-4,6-9,11H2,(H,19,21)(H,23,24). The van der Waals surface area contributed by atoms with Gasteiger partial charge in [-0.25, -0.2) is 4.79 Å². The molecule has 2 aliphatic rings. The molecule has 7 heteroatoms. The van der Waals surface area contributed by atoms with E-state index < -0.39 is 12.0 Å². The Bertz CT molecular complexity index is 615. The molecule has 25 heavy (non-hydrogen) atoms. The molecule has 7 nitrogen and oxygen atoms in total. The van der Waals surface area contributed by atoms with E-state index in [1.165, 1.54) is 6.26 Å². The summed E-state index contributed by atoms with van der Waals surface area (Å²) in [5.74, 6) is -0.670. The fraction of sp³-hybridized carbons (Fsp3) is 0.611. The Labute approximate surface area is 146 Å². The SMILES string of the molecule is O=C(NC(Cc1ccco1)C(=O)O)C1CCN(C(=O)C2CCC2)CC1. The van der Waals surface area contributed by atoms with Crippen LogP contribution in [0.4, 0.5) is 0 Å². The second-order valence-electron chi connectivity index (χ2n) is 6.91. The average molecular weight is 348 g/mol. The Kier molecular flexibility index (Phi) is 5.40. The summed E-state index contributed by atoms with van der Waals surface area (Å²) < 4.78 is 5.16. The fourth-order valence-corrected chi connectivity index (χ4v) is 3.40. The number of aliphatic carboxylic acids is 1. The predicted molar refractivity (Wildman–Crippen MR) is 88.6 cm³/mol. The van der Waals surface area contributed by atoms with Crippen molar-refractivity contribution in [3.05, 3.63) is 24.2 Å². The minimum Gasteiger partial charge on any atom is -0.480 e. The number of furan rings is 1. The molecule has 2 N–H and O–H groups in total. The highest BCUT2D eigenvalue weighted by Gasteiger charge is 2.34. The van der Waals surface area contributed by atoms with Crippen molar-refractivity contribution in [3.63, 3.8) is 0 Å². The third kappa shape index (κ3) is 4.21.